The Morgan fingerprint density at radius 1 is 1.29 bits per heavy atom. The number of halogens is 1. The summed E-state index contributed by atoms with van der Waals surface area (Å²) in [6.07, 6.45) is 1.53. The molecule has 0 bridgehead atoms. The minimum absolute atomic E-state index is 0.233. The second-order valence-corrected chi connectivity index (χ2v) is 5.03. The predicted octanol–water partition coefficient (Wildman–Crippen LogP) is 2.51. The maximum atomic E-state index is 5.34. The van der Waals surface area contributed by atoms with Gasteiger partial charge in [-0.2, -0.15) is 0 Å². The summed E-state index contributed by atoms with van der Waals surface area (Å²) >= 11 is 3.48. The molecule has 5 nitrogen and oxygen atoms in total. The molecule has 0 unspecified atom stereocenters. The summed E-state index contributed by atoms with van der Waals surface area (Å²) in [5, 5.41) is 6.40. The van der Waals surface area contributed by atoms with Crippen LogP contribution in [0.15, 0.2) is 10.8 Å². The predicted molar refractivity (Wildman–Crippen MR) is 73.5 cm³/mol. The summed E-state index contributed by atoms with van der Waals surface area (Å²) in [5.41, 5.74) is -0.233. The van der Waals surface area contributed by atoms with E-state index in [1.165, 1.54) is 6.33 Å². The summed E-state index contributed by atoms with van der Waals surface area (Å²) in [5.74, 6) is 1.56. The van der Waals surface area contributed by atoms with Gasteiger partial charge in [-0.05, 0) is 36.7 Å². The SMILES string of the molecule is CCNc1ncnc(NCC(C)(C)OC)c1Br. The standard InChI is InChI=1S/C11H19BrN4O/c1-5-13-9-8(12)10(16-7-15-9)14-6-11(2,3)17-4/h7H,5-6H2,1-4H3,(H2,13,14,15,16). The fourth-order valence-corrected chi connectivity index (χ4v) is 1.64. The molecule has 1 aromatic rings. The minimum atomic E-state index is -0.233. The summed E-state index contributed by atoms with van der Waals surface area (Å²) < 4.78 is 6.18. The molecule has 0 saturated heterocycles. The average Bonchev–Trinajstić information content (AvgIpc) is 2.31. The van der Waals surface area contributed by atoms with Gasteiger partial charge in [-0.1, -0.05) is 0 Å². The second-order valence-electron chi connectivity index (χ2n) is 4.23. The molecule has 0 aromatic carbocycles. The summed E-state index contributed by atoms with van der Waals surface area (Å²) in [6.45, 7) is 7.54. The van der Waals surface area contributed by atoms with E-state index in [4.69, 9.17) is 4.74 Å². The molecule has 96 valence electrons. The maximum Gasteiger partial charge on any atom is 0.146 e. The third-order valence-electron chi connectivity index (χ3n) is 2.37. The average molecular weight is 303 g/mol. The first-order valence-corrected chi connectivity index (χ1v) is 6.33. The zero-order valence-corrected chi connectivity index (χ0v) is 12.3. The smallest absolute Gasteiger partial charge is 0.146 e. The van der Waals surface area contributed by atoms with Gasteiger partial charge in [0, 0.05) is 20.2 Å². The topological polar surface area (TPSA) is 59.1 Å². The van der Waals surface area contributed by atoms with Crippen molar-refractivity contribution in [2.45, 2.75) is 26.4 Å². The van der Waals surface area contributed by atoms with Crippen LogP contribution in [0.5, 0.6) is 0 Å². The van der Waals surface area contributed by atoms with Crippen LogP contribution < -0.4 is 10.6 Å². The van der Waals surface area contributed by atoms with Gasteiger partial charge in [-0.15, -0.1) is 0 Å². The molecule has 0 atom stereocenters. The lowest BCUT2D eigenvalue weighted by atomic mass is 10.1. The van der Waals surface area contributed by atoms with Crippen LogP contribution in [0.25, 0.3) is 0 Å². The van der Waals surface area contributed by atoms with Gasteiger partial charge < -0.3 is 15.4 Å². The van der Waals surface area contributed by atoms with E-state index in [2.05, 4.69) is 36.5 Å². The van der Waals surface area contributed by atoms with Crippen molar-refractivity contribution in [2.75, 3.05) is 30.8 Å². The highest BCUT2D eigenvalue weighted by atomic mass is 79.9. The largest absolute Gasteiger partial charge is 0.377 e. The van der Waals surface area contributed by atoms with Crippen molar-refractivity contribution >= 4 is 27.6 Å². The number of rotatable bonds is 6. The van der Waals surface area contributed by atoms with Gasteiger partial charge in [0.1, 0.15) is 22.4 Å². The van der Waals surface area contributed by atoms with Crippen molar-refractivity contribution in [3.63, 3.8) is 0 Å². The van der Waals surface area contributed by atoms with Crippen LogP contribution in [-0.4, -0.2) is 35.8 Å². The van der Waals surface area contributed by atoms with E-state index < -0.39 is 0 Å². The minimum Gasteiger partial charge on any atom is -0.377 e. The molecule has 2 N–H and O–H groups in total. The van der Waals surface area contributed by atoms with Crippen LogP contribution in [0.3, 0.4) is 0 Å². The van der Waals surface area contributed by atoms with Crippen LogP contribution in [0, 0.1) is 0 Å². The fourth-order valence-electron chi connectivity index (χ4n) is 1.15. The molecular weight excluding hydrogens is 284 g/mol. The summed E-state index contributed by atoms with van der Waals surface area (Å²) in [7, 11) is 1.70. The zero-order chi connectivity index (χ0) is 12.9. The van der Waals surface area contributed by atoms with E-state index in [9.17, 15) is 0 Å². The molecule has 0 saturated carbocycles. The van der Waals surface area contributed by atoms with Crippen LogP contribution >= 0.6 is 15.9 Å². The van der Waals surface area contributed by atoms with Crippen molar-refractivity contribution in [1.82, 2.24) is 9.97 Å². The van der Waals surface area contributed by atoms with Crippen molar-refractivity contribution in [1.29, 1.82) is 0 Å². The summed E-state index contributed by atoms with van der Waals surface area (Å²) in [4.78, 5) is 8.35. The lowest BCUT2D eigenvalue weighted by molar-refractivity contribution is 0.0343. The lowest BCUT2D eigenvalue weighted by Crippen LogP contribution is -2.32. The van der Waals surface area contributed by atoms with Crippen LogP contribution in [0.2, 0.25) is 0 Å². The summed E-state index contributed by atoms with van der Waals surface area (Å²) in [6, 6.07) is 0. The molecule has 0 aliphatic rings. The molecule has 0 fully saturated rings. The number of nitrogens with zero attached hydrogens (tertiary/aromatic N) is 2. The number of methoxy groups -OCH3 is 1. The molecule has 17 heavy (non-hydrogen) atoms. The van der Waals surface area contributed by atoms with Gasteiger partial charge in [0.15, 0.2) is 0 Å². The fraction of sp³-hybridized carbons (Fsp3) is 0.636. The maximum absolute atomic E-state index is 5.34. The molecule has 1 aromatic heterocycles. The molecule has 1 heterocycles. The normalized spacial score (nSPS) is 11.4. The van der Waals surface area contributed by atoms with E-state index in [0.29, 0.717) is 6.54 Å². The van der Waals surface area contributed by atoms with Crippen LogP contribution in [0.1, 0.15) is 20.8 Å². The van der Waals surface area contributed by atoms with Gasteiger partial charge in [0.05, 0.1) is 5.60 Å². The van der Waals surface area contributed by atoms with Gasteiger partial charge in [0.25, 0.3) is 0 Å². The lowest BCUT2D eigenvalue weighted by Gasteiger charge is -2.23. The molecule has 0 radical (unpaired) electrons. The zero-order valence-electron chi connectivity index (χ0n) is 10.7. The Kier molecular flexibility index (Phi) is 5.14. The molecule has 0 aliphatic heterocycles. The molecule has 0 spiro atoms. The van der Waals surface area contributed by atoms with Crippen molar-refractivity contribution in [3.05, 3.63) is 10.8 Å². The number of hydrogen-bond donors (Lipinski definition) is 2. The number of ether oxygens (including phenoxy) is 1. The van der Waals surface area contributed by atoms with E-state index in [1.54, 1.807) is 7.11 Å². The van der Waals surface area contributed by atoms with Crippen molar-refractivity contribution < 1.29 is 4.74 Å². The Labute approximate surface area is 111 Å². The van der Waals surface area contributed by atoms with Gasteiger partial charge in [0.2, 0.25) is 0 Å². The quantitative estimate of drug-likeness (QED) is 0.845. The Morgan fingerprint density at radius 3 is 2.41 bits per heavy atom. The van der Waals surface area contributed by atoms with E-state index in [1.807, 2.05) is 20.8 Å². The Morgan fingerprint density at radius 2 is 1.88 bits per heavy atom. The number of nitrogens with one attached hydrogen (secondary N) is 2. The first kappa shape index (κ1) is 14.2. The molecule has 0 aliphatic carbocycles. The Balaban J connectivity index is 2.75. The molecule has 1 rings (SSSR count). The second kappa shape index (κ2) is 6.16. The highest BCUT2D eigenvalue weighted by Crippen LogP contribution is 2.26. The van der Waals surface area contributed by atoms with E-state index in [-0.39, 0.29) is 5.60 Å². The first-order valence-electron chi connectivity index (χ1n) is 5.53. The van der Waals surface area contributed by atoms with Crippen molar-refractivity contribution in [2.24, 2.45) is 0 Å². The monoisotopic (exact) mass is 302 g/mol. The van der Waals surface area contributed by atoms with E-state index in [0.717, 1.165) is 22.7 Å². The Hall–Kier alpha value is -0.880. The van der Waals surface area contributed by atoms with Crippen molar-refractivity contribution in [3.8, 4) is 0 Å². The van der Waals surface area contributed by atoms with Crippen LogP contribution in [-0.2, 0) is 4.74 Å². The number of aromatic nitrogens is 2. The van der Waals surface area contributed by atoms with Gasteiger partial charge in [-0.3, -0.25) is 0 Å². The first-order chi connectivity index (χ1) is 8.00. The highest BCUT2D eigenvalue weighted by molar-refractivity contribution is 9.10. The van der Waals surface area contributed by atoms with Gasteiger partial charge >= 0.3 is 0 Å². The molecule has 6 heteroatoms. The third-order valence-corrected chi connectivity index (χ3v) is 3.12. The number of anilines is 2. The Bertz CT molecular complexity index is 370. The molecule has 0 amide bonds. The van der Waals surface area contributed by atoms with Crippen LogP contribution in [0.4, 0.5) is 11.6 Å². The van der Waals surface area contributed by atoms with Gasteiger partial charge in [-0.25, -0.2) is 9.97 Å². The molecular formula is C11H19BrN4O. The highest BCUT2D eigenvalue weighted by Gasteiger charge is 2.17. The number of hydrogen-bond acceptors (Lipinski definition) is 5. The van der Waals surface area contributed by atoms with E-state index >= 15 is 0 Å². The third kappa shape index (κ3) is 4.12.